The smallest absolute Gasteiger partial charge is 0.266 e. The van der Waals surface area contributed by atoms with Crippen molar-refractivity contribution in [1.82, 2.24) is 16.0 Å². The van der Waals surface area contributed by atoms with E-state index in [1.807, 2.05) is 0 Å². The Morgan fingerprint density at radius 1 is 1.38 bits per heavy atom. The van der Waals surface area contributed by atoms with Crippen molar-refractivity contribution in [3.05, 3.63) is 35.1 Å². The molecule has 1 aromatic rings. The van der Waals surface area contributed by atoms with Gasteiger partial charge in [0.2, 0.25) is 11.8 Å². The second-order valence-electron chi connectivity index (χ2n) is 6.36. The highest BCUT2D eigenvalue weighted by Crippen LogP contribution is 2.27. The number of halogens is 3. The minimum atomic E-state index is -2.90. The Hall–Kier alpha value is -2.09. The second kappa shape index (κ2) is 6.80. The van der Waals surface area contributed by atoms with Gasteiger partial charge in [0.25, 0.3) is 6.43 Å². The number of nitrogens with one attached hydrogen (secondary N) is 3. The highest BCUT2D eigenvalue weighted by Gasteiger charge is 2.32. The van der Waals surface area contributed by atoms with E-state index in [-0.39, 0.29) is 18.5 Å². The summed E-state index contributed by atoms with van der Waals surface area (Å²) < 4.78 is 39.0. The minimum Gasteiger partial charge on any atom is -0.346 e. The Balaban J connectivity index is 2.14. The number of hydrogen-bond donors (Lipinski definition) is 3. The van der Waals surface area contributed by atoms with Crippen LogP contribution in [0.4, 0.5) is 13.2 Å². The van der Waals surface area contributed by atoms with E-state index < -0.39 is 35.3 Å². The molecule has 1 aliphatic rings. The van der Waals surface area contributed by atoms with Crippen molar-refractivity contribution in [2.45, 2.75) is 51.4 Å². The molecule has 2 unspecified atom stereocenters. The van der Waals surface area contributed by atoms with Gasteiger partial charge in [-0.25, -0.2) is 13.2 Å². The van der Waals surface area contributed by atoms with Crippen LogP contribution in [0.2, 0.25) is 0 Å². The van der Waals surface area contributed by atoms with Crippen LogP contribution in [-0.2, 0) is 15.1 Å². The monoisotopic (exact) mass is 343 g/mol. The molecule has 8 heteroatoms. The Morgan fingerprint density at radius 3 is 2.58 bits per heavy atom. The van der Waals surface area contributed by atoms with Crippen molar-refractivity contribution in [2.24, 2.45) is 0 Å². The van der Waals surface area contributed by atoms with E-state index in [2.05, 4.69) is 16.0 Å². The average molecular weight is 343 g/mol. The summed E-state index contributed by atoms with van der Waals surface area (Å²) in [6, 6.07) is 2.65. The summed E-state index contributed by atoms with van der Waals surface area (Å²) in [7, 11) is 0. The Kier molecular flexibility index (Phi) is 5.17. The van der Waals surface area contributed by atoms with Crippen molar-refractivity contribution in [3.63, 3.8) is 0 Å². The van der Waals surface area contributed by atoms with Crippen molar-refractivity contribution in [2.75, 3.05) is 0 Å². The largest absolute Gasteiger partial charge is 0.346 e. The fourth-order valence-electron chi connectivity index (χ4n) is 2.62. The summed E-state index contributed by atoms with van der Waals surface area (Å²) in [5.41, 5.74) is -1.32. The minimum absolute atomic E-state index is 0.00899. The summed E-state index contributed by atoms with van der Waals surface area (Å²) in [6.45, 7) is 4.98. The number of hydrogen-bond acceptors (Lipinski definition) is 3. The standard InChI is InChI=1S/C16H20F3N3O2/c1-8-20-12(7-13(23)21-8)15(24)22-16(2,3)9-4-5-10(14(18)19)11(17)6-9/h4-6,8,12,14,20H,7H2,1-3H3,(H,21,23)(H,22,24). The Morgan fingerprint density at radius 2 is 2.04 bits per heavy atom. The molecule has 0 aliphatic carbocycles. The van der Waals surface area contributed by atoms with Crippen molar-refractivity contribution >= 4 is 11.8 Å². The number of carbonyl (C=O) groups excluding carboxylic acids is 2. The van der Waals surface area contributed by atoms with Gasteiger partial charge in [-0.15, -0.1) is 0 Å². The summed E-state index contributed by atoms with van der Waals surface area (Å²) in [4.78, 5) is 23.9. The number of benzene rings is 1. The number of alkyl halides is 2. The molecule has 0 radical (unpaired) electrons. The molecule has 132 valence electrons. The molecule has 1 heterocycles. The fraction of sp³-hybridized carbons (Fsp3) is 0.500. The molecule has 1 fully saturated rings. The number of rotatable bonds is 4. The molecule has 1 saturated heterocycles. The quantitative estimate of drug-likeness (QED) is 0.782. The van der Waals surface area contributed by atoms with Crippen LogP contribution < -0.4 is 16.0 Å². The van der Waals surface area contributed by atoms with E-state index in [0.29, 0.717) is 5.56 Å². The lowest BCUT2D eigenvalue weighted by Gasteiger charge is -2.33. The topological polar surface area (TPSA) is 70.2 Å². The molecular formula is C16H20F3N3O2. The third-order valence-electron chi connectivity index (χ3n) is 3.93. The van der Waals surface area contributed by atoms with Crippen LogP contribution in [0.25, 0.3) is 0 Å². The summed E-state index contributed by atoms with van der Waals surface area (Å²) in [5.74, 6) is -1.68. The van der Waals surface area contributed by atoms with Crippen LogP contribution >= 0.6 is 0 Å². The molecule has 2 rings (SSSR count). The first-order valence-electron chi connectivity index (χ1n) is 7.55. The first kappa shape index (κ1) is 18.3. The maximum atomic E-state index is 13.8. The van der Waals surface area contributed by atoms with Gasteiger partial charge in [0.1, 0.15) is 5.82 Å². The zero-order valence-corrected chi connectivity index (χ0v) is 13.6. The van der Waals surface area contributed by atoms with Crippen LogP contribution in [0, 0.1) is 5.82 Å². The van der Waals surface area contributed by atoms with E-state index in [1.54, 1.807) is 20.8 Å². The molecule has 5 nitrogen and oxygen atoms in total. The van der Waals surface area contributed by atoms with Crippen molar-refractivity contribution in [1.29, 1.82) is 0 Å². The molecule has 2 amide bonds. The lowest BCUT2D eigenvalue weighted by atomic mass is 9.92. The molecule has 2 atom stereocenters. The molecule has 1 aromatic carbocycles. The third kappa shape index (κ3) is 4.05. The SMILES string of the molecule is CC1NC(=O)CC(C(=O)NC(C)(C)c2ccc(C(F)F)c(F)c2)N1. The van der Waals surface area contributed by atoms with Crippen molar-refractivity contribution in [3.8, 4) is 0 Å². The van der Waals surface area contributed by atoms with E-state index in [0.717, 1.165) is 12.1 Å². The zero-order valence-electron chi connectivity index (χ0n) is 13.6. The lowest BCUT2D eigenvalue weighted by Crippen LogP contribution is -2.61. The van der Waals surface area contributed by atoms with Crippen LogP contribution in [0.5, 0.6) is 0 Å². The highest BCUT2D eigenvalue weighted by molar-refractivity contribution is 5.90. The van der Waals surface area contributed by atoms with Gasteiger partial charge in [-0.05, 0) is 32.4 Å². The van der Waals surface area contributed by atoms with E-state index in [1.165, 1.54) is 6.07 Å². The predicted octanol–water partition coefficient (Wildman–Crippen LogP) is 1.94. The number of amides is 2. The van der Waals surface area contributed by atoms with Gasteiger partial charge >= 0.3 is 0 Å². The molecule has 24 heavy (non-hydrogen) atoms. The predicted molar refractivity (Wildman–Crippen MR) is 81.7 cm³/mol. The third-order valence-corrected chi connectivity index (χ3v) is 3.93. The van der Waals surface area contributed by atoms with Gasteiger partial charge in [0.15, 0.2) is 0 Å². The molecular weight excluding hydrogens is 323 g/mol. The van der Waals surface area contributed by atoms with E-state index in [4.69, 9.17) is 0 Å². The van der Waals surface area contributed by atoms with Crippen LogP contribution in [0.1, 0.15) is 44.7 Å². The molecule has 1 aliphatic heterocycles. The highest BCUT2D eigenvalue weighted by atomic mass is 19.3. The molecule has 0 bridgehead atoms. The van der Waals surface area contributed by atoms with Gasteiger partial charge in [0.05, 0.1) is 29.7 Å². The first-order valence-corrected chi connectivity index (χ1v) is 7.55. The van der Waals surface area contributed by atoms with Gasteiger partial charge in [0, 0.05) is 0 Å². The number of carbonyl (C=O) groups is 2. The lowest BCUT2D eigenvalue weighted by molar-refractivity contribution is -0.132. The van der Waals surface area contributed by atoms with Gasteiger partial charge in [-0.3, -0.25) is 14.9 Å². The van der Waals surface area contributed by atoms with Gasteiger partial charge < -0.3 is 10.6 Å². The molecule has 3 N–H and O–H groups in total. The van der Waals surface area contributed by atoms with Crippen LogP contribution in [0.15, 0.2) is 18.2 Å². The summed E-state index contributed by atoms with van der Waals surface area (Å²) >= 11 is 0. The van der Waals surface area contributed by atoms with E-state index in [9.17, 15) is 22.8 Å². The normalized spacial score (nSPS) is 21.5. The maximum absolute atomic E-state index is 13.8. The van der Waals surface area contributed by atoms with E-state index >= 15 is 0 Å². The Bertz CT molecular complexity index is 649. The Labute approximate surface area is 138 Å². The van der Waals surface area contributed by atoms with Crippen molar-refractivity contribution < 1.29 is 22.8 Å². The van der Waals surface area contributed by atoms with Crippen LogP contribution in [-0.4, -0.2) is 24.0 Å². The fourth-order valence-corrected chi connectivity index (χ4v) is 2.62. The molecule has 0 aromatic heterocycles. The molecule has 0 spiro atoms. The second-order valence-corrected chi connectivity index (χ2v) is 6.36. The van der Waals surface area contributed by atoms with Crippen LogP contribution in [0.3, 0.4) is 0 Å². The summed E-state index contributed by atoms with van der Waals surface area (Å²) in [5, 5.41) is 8.29. The average Bonchev–Trinajstić information content (AvgIpc) is 2.45. The van der Waals surface area contributed by atoms with Gasteiger partial charge in [-0.2, -0.15) is 0 Å². The van der Waals surface area contributed by atoms with Gasteiger partial charge in [-0.1, -0.05) is 12.1 Å². The first-order chi connectivity index (χ1) is 11.1. The maximum Gasteiger partial charge on any atom is 0.266 e. The molecule has 0 saturated carbocycles. The summed E-state index contributed by atoms with van der Waals surface area (Å²) in [6.07, 6.45) is -3.25. The zero-order chi connectivity index (χ0) is 18.1.